The number of ketones is 1. The van der Waals surface area contributed by atoms with Crippen LogP contribution in [-0.2, 0) is 0 Å². The van der Waals surface area contributed by atoms with E-state index in [1.165, 1.54) is 31.4 Å². The molecule has 0 spiro atoms. The van der Waals surface area contributed by atoms with Crippen LogP contribution in [0.1, 0.15) is 88.9 Å². The van der Waals surface area contributed by atoms with Gasteiger partial charge in [-0.3, -0.25) is 4.79 Å². The minimum Gasteiger partial charge on any atom is -0.390 e. The molecule has 0 aliphatic heterocycles. The van der Waals surface area contributed by atoms with Crippen LogP contribution in [0.5, 0.6) is 0 Å². The van der Waals surface area contributed by atoms with Crippen LogP contribution in [0.3, 0.4) is 0 Å². The fourth-order valence-electron chi connectivity index (χ4n) is 8.70. The summed E-state index contributed by atoms with van der Waals surface area (Å²) in [7, 11) is 0. The molecule has 4 saturated carbocycles. The first-order valence-corrected chi connectivity index (χ1v) is 12.2. The number of Topliss-reactive ketones (excluding diaryl/α,β-unsaturated/α-hetero) is 1. The highest BCUT2D eigenvalue weighted by molar-refractivity contribution is 5.98. The quantitative estimate of drug-likeness (QED) is 0.569. The molecule has 0 heterocycles. The Morgan fingerprint density at radius 1 is 0.967 bits per heavy atom. The molecule has 0 saturated heterocycles. The first-order valence-electron chi connectivity index (χ1n) is 12.2. The predicted molar refractivity (Wildman–Crippen MR) is 117 cm³/mol. The van der Waals surface area contributed by atoms with Gasteiger partial charge in [-0.05, 0) is 111 Å². The molecule has 1 aromatic rings. The summed E-state index contributed by atoms with van der Waals surface area (Å²) in [6.07, 6.45) is 9.91. The zero-order valence-electron chi connectivity index (χ0n) is 18.8. The first-order chi connectivity index (χ1) is 14.1. The van der Waals surface area contributed by atoms with Gasteiger partial charge >= 0.3 is 0 Å². The minimum atomic E-state index is -0.490. The van der Waals surface area contributed by atoms with Gasteiger partial charge in [0.2, 0.25) is 0 Å². The molecule has 30 heavy (non-hydrogen) atoms. The standard InChI is InChI=1S/C27H37FO2/c1-25(30)13-14-26(2)18(16-25)7-8-20-21-9-10-23(27(21,3)12-11-22(20)26)24(29)17-5-4-6-19(28)15-17/h4-6,15,18,20-23,30H,7-14,16H2,1-3H3/t18-,20+,21+,22+,23-,25-,26+,27+/m1/s1. The van der Waals surface area contributed by atoms with Crippen molar-refractivity contribution in [1.29, 1.82) is 0 Å². The number of benzene rings is 1. The van der Waals surface area contributed by atoms with Crippen molar-refractivity contribution in [3.05, 3.63) is 35.6 Å². The molecule has 4 aliphatic rings. The third kappa shape index (κ3) is 3.02. The summed E-state index contributed by atoms with van der Waals surface area (Å²) in [5, 5.41) is 10.7. The second-order valence-electron chi connectivity index (χ2n) is 11.9. The normalized spacial score (nSPS) is 47.8. The molecule has 0 aromatic heterocycles. The van der Waals surface area contributed by atoms with Crippen LogP contribution in [0.2, 0.25) is 0 Å². The molecule has 0 amide bonds. The Morgan fingerprint density at radius 3 is 2.50 bits per heavy atom. The number of fused-ring (bicyclic) bond motifs is 5. The summed E-state index contributed by atoms with van der Waals surface area (Å²) >= 11 is 0. The third-order valence-electron chi connectivity index (χ3n) is 10.4. The summed E-state index contributed by atoms with van der Waals surface area (Å²) in [6, 6.07) is 6.29. The van der Waals surface area contributed by atoms with Gasteiger partial charge in [-0.25, -0.2) is 4.39 Å². The third-order valence-corrected chi connectivity index (χ3v) is 10.4. The number of hydrogen-bond donors (Lipinski definition) is 1. The van der Waals surface area contributed by atoms with Crippen molar-refractivity contribution < 1.29 is 14.3 Å². The van der Waals surface area contributed by atoms with Crippen molar-refractivity contribution in [1.82, 2.24) is 0 Å². The zero-order valence-corrected chi connectivity index (χ0v) is 18.8. The fraction of sp³-hybridized carbons (Fsp3) is 0.741. The largest absolute Gasteiger partial charge is 0.390 e. The van der Waals surface area contributed by atoms with Gasteiger partial charge in [-0.15, -0.1) is 0 Å². The first kappa shape index (κ1) is 20.7. The number of hydrogen-bond acceptors (Lipinski definition) is 2. The maximum Gasteiger partial charge on any atom is 0.166 e. The molecule has 4 aliphatic carbocycles. The second-order valence-corrected chi connectivity index (χ2v) is 11.9. The Labute approximate surface area is 180 Å². The van der Waals surface area contributed by atoms with Crippen LogP contribution < -0.4 is 0 Å². The number of carbonyl (C=O) groups is 1. The van der Waals surface area contributed by atoms with Crippen molar-refractivity contribution in [2.45, 2.75) is 84.2 Å². The van der Waals surface area contributed by atoms with Crippen LogP contribution in [0.15, 0.2) is 24.3 Å². The van der Waals surface area contributed by atoms with Crippen LogP contribution in [0, 0.1) is 46.2 Å². The van der Waals surface area contributed by atoms with Crippen molar-refractivity contribution in [2.75, 3.05) is 0 Å². The molecule has 8 atom stereocenters. The van der Waals surface area contributed by atoms with E-state index in [1.54, 1.807) is 12.1 Å². The fourth-order valence-corrected chi connectivity index (χ4v) is 8.70. The van der Waals surface area contributed by atoms with Crippen molar-refractivity contribution in [3.63, 3.8) is 0 Å². The van der Waals surface area contributed by atoms with Gasteiger partial charge < -0.3 is 5.11 Å². The molecule has 0 radical (unpaired) electrons. The van der Waals surface area contributed by atoms with Gasteiger partial charge in [-0.2, -0.15) is 0 Å². The molecule has 2 nitrogen and oxygen atoms in total. The molecule has 4 fully saturated rings. The van der Waals surface area contributed by atoms with Gasteiger partial charge in [0.05, 0.1) is 5.60 Å². The molecule has 0 bridgehead atoms. The van der Waals surface area contributed by atoms with Gasteiger partial charge in [0.25, 0.3) is 0 Å². The summed E-state index contributed by atoms with van der Waals surface area (Å²) in [5.41, 5.74) is 0.454. The summed E-state index contributed by atoms with van der Waals surface area (Å²) in [6.45, 7) is 6.90. The Hall–Kier alpha value is -1.22. The molecular formula is C27H37FO2. The highest BCUT2D eigenvalue weighted by Gasteiger charge is 2.61. The molecule has 1 aromatic carbocycles. The summed E-state index contributed by atoms with van der Waals surface area (Å²) < 4.78 is 13.7. The number of halogens is 1. The SMILES string of the molecule is C[C@@]1(O)CC[C@@]2(C)[C@H](CC[C@@H]3[C@@H]2CC[C@]2(C)[C@@H](C(=O)c4cccc(F)c4)CC[C@@H]32)C1. The van der Waals surface area contributed by atoms with E-state index in [1.807, 2.05) is 6.92 Å². The van der Waals surface area contributed by atoms with Crippen LogP contribution in [0.4, 0.5) is 4.39 Å². The lowest BCUT2D eigenvalue weighted by Gasteiger charge is -2.61. The molecule has 3 heteroatoms. The van der Waals surface area contributed by atoms with E-state index in [-0.39, 0.29) is 22.9 Å². The van der Waals surface area contributed by atoms with E-state index in [0.29, 0.717) is 28.7 Å². The molecule has 0 unspecified atom stereocenters. The Balaban J connectivity index is 1.40. The van der Waals surface area contributed by atoms with E-state index >= 15 is 0 Å². The van der Waals surface area contributed by atoms with E-state index in [9.17, 15) is 14.3 Å². The Kier molecular flexibility index (Phi) is 4.75. The Morgan fingerprint density at radius 2 is 1.73 bits per heavy atom. The van der Waals surface area contributed by atoms with Crippen LogP contribution >= 0.6 is 0 Å². The average molecular weight is 413 g/mol. The maximum atomic E-state index is 13.7. The van der Waals surface area contributed by atoms with E-state index < -0.39 is 5.60 Å². The smallest absolute Gasteiger partial charge is 0.166 e. The molecule has 5 rings (SSSR count). The van der Waals surface area contributed by atoms with Gasteiger partial charge in [0, 0.05) is 11.5 Å². The zero-order chi connectivity index (χ0) is 21.3. The maximum absolute atomic E-state index is 13.7. The van der Waals surface area contributed by atoms with E-state index in [0.717, 1.165) is 44.4 Å². The monoisotopic (exact) mass is 412 g/mol. The topological polar surface area (TPSA) is 37.3 Å². The highest BCUT2D eigenvalue weighted by Crippen LogP contribution is 2.68. The highest BCUT2D eigenvalue weighted by atomic mass is 19.1. The number of rotatable bonds is 2. The summed E-state index contributed by atoms with van der Waals surface area (Å²) in [4.78, 5) is 13.4. The van der Waals surface area contributed by atoms with E-state index in [2.05, 4.69) is 13.8 Å². The van der Waals surface area contributed by atoms with Gasteiger partial charge in [0.15, 0.2) is 5.78 Å². The second kappa shape index (κ2) is 6.89. The lowest BCUT2D eigenvalue weighted by atomic mass is 9.44. The summed E-state index contributed by atoms with van der Waals surface area (Å²) in [5.74, 6) is 2.56. The number of aliphatic hydroxyl groups is 1. The average Bonchev–Trinajstić information content (AvgIpc) is 3.05. The van der Waals surface area contributed by atoms with Crippen molar-refractivity contribution >= 4 is 5.78 Å². The van der Waals surface area contributed by atoms with Gasteiger partial charge in [-0.1, -0.05) is 26.0 Å². The molecular weight excluding hydrogens is 375 g/mol. The lowest BCUT2D eigenvalue weighted by Crippen LogP contribution is -2.55. The van der Waals surface area contributed by atoms with Gasteiger partial charge in [0.1, 0.15) is 5.82 Å². The molecule has 164 valence electrons. The van der Waals surface area contributed by atoms with E-state index in [4.69, 9.17) is 0 Å². The Bertz CT molecular complexity index is 847. The minimum absolute atomic E-state index is 0.0304. The van der Waals surface area contributed by atoms with Crippen LogP contribution in [-0.4, -0.2) is 16.5 Å². The van der Waals surface area contributed by atoms with Crippen LogP contribution in [0.25, 0.3) is 0 Å². The predicted octanol–water partition coefficient (Wildman–Crippen LogP) is 6.42. The number of carbonyl (C=O) groups excluding carboxylic acids is 1. The van der Waals surface area contributed by atoms with Crippen molar-refractivity contribution in [2.24, 2.45) is 40.4 Å². The van der Waals surface area contributed by atoms with Crippen molar-refractivity contribution in [3.8, 4) is 0 Å². The lowest BCUT2D eigenvalue weighted by molar-refractivity contribution is -0.144. The molecule has 1 N–H and O–H groups in total.